The van der Waals surface area contributed by atoms with Crippen molar-refractivity contribution in [3.05, 3.63) is 39.4 Å². The second-order valence-corrected chi connectivity index (χ2v) is 6.53. The van der Waals surface area contributed by atoms with Gasteiger partial charge >= 0.3 is 4.87 Å². The van der Waals surface area contributed by atoms with Crippen LogP contribution in [-0.4, -0.2) is 18.4 Å². The predicted molar refractivity (Wildman–Crippen MR) is 69.5 cm³/mol. The average molecular weight is 285 g/mol. The summed E-state index contributed by atoms with van der Waals surface area (Å²) < 4.78 is 26.6. The Hall–Kier alpha value is -1.67. The lowest BCUT2D eigenvalue weighted by molar-refractivity contribution is 0.602. The van der Waals surface area contributed by atoms with E-state index in [-0.39, 0.29) is 4.21 Å². The summed E-state index contributed by atoms with van der Waals surface area (Å²) in [5.41, 5.74) is 1.30. The Balaban J connectivity index is 2.43. The van der Waals surface area contributed by atoms with Gasteiger partial charge in [0.1, 0.15) is 0 Å². The zero-order valence-electron chi connectivity index (χ0n) is 9.72. The highest BCUT2D eigenvalue weighted by molar-refractivity contribution is 7.94. The lowest BCUT2D eigenvalue weighted by Gasteiger charge is -2.08. The van der Waals surface area contributed by atoms with Crippen LogP contribution in [0, 0.1) is 13.8 Å². The van der Waals surface area contributed by atoms with Crippen LogP contribution < -0.4 is 9.60 Å². The highest BCUT2D eigenvalue weighted by atomic mass is 32.2. The molecule has 0 unspecified atom stereocenters. The number of anilines is 1. The molecular formula is C10H11N3O3S2. The summed E-state index contributed by atoms with van der Waals surface area (Å²) in [4.78, 5) is 17.2. The van der Waals surface area contributed by atoms with Crippen LogP contribution in [0.15, 0.2) is 27.3 Å². The van der Waals surface area contributed by atoms with Gasteiger partial charge in [-0.05, 0) is 26.0 Å². The molecule has 8 heteroatoms. The number of nitrogens with zero attached hydrogens (tertiary/aromatic N) is 1. The first-order chi connectivity index (χ1) is 8.40. The van der Waals surface area contributed by atoms with E-state index >= 15 is 0 Å². The van der Waals surface area contributed by atoms with Crippen molar-refractivity contribution in [1.82, 2.24) is 9.97 Å². The lowest BCUT2D eigenvalue weighted by atomic mass is 10.3. The van der Waals surface area contributed by atoms with Gasteiger partial charge in [-0.15, -0.1) is 0 Å². The Morgan fingerprint density at radius 3 is 2.67 bits per heavy atom. The zero-order valence-corrected chi connectivity index (χ0v) is 11.4. The van der Waals surface area contributed by atoms with E-state index in [9.17, 15) is 13.2 Å². The zero-order chi connectivity index (χ0) is 13.3. The molecule has 0 spiro atoms. The van der Waals surface area contributed by atoms with Gasteiger partial charge in [-0.25, -0.2) is 8.42 Å². The quantitative estimate of drug-likeness (QED) is 0.887. The van der Waals surface area contributed by atoms with Crippen LogP contribution in [0.3, 0.4) is 0 Å². The molecule has 0 saturated heterocycles. The van der Waals surface area contributed by atoms with Crippen molar-refractivity contribution in [3.63, 3.8) is 0 Å². The molecule has 0 aliphatic carbocycles. The molecule has 0 radical (unpaired) electrons. The Labute approximate surface area is 108 Å². The average Bonchev–Trinajstić information content (AvgIpc) is 2.62. The van der Waals surface area contributed by atoms with E-state index in [0.29, 0.717) is 28.4 Å². The summed E-state index contributed by atoms with van der Waals surface area (Å²) in [5, 5.41) is 0. The first-order valence-electron chi connectivity index (χ1n) is 5.04. The van der Waals surface area contributed by atoms with Crippen molar-refractivity contribution in [2.45, 2.75) is 18.1 Å². The molecule has 0 aromatic carbocycles. The van der Waals surface area contributed by atoms with Gasteiger partial charge in [-0.2, -0.15) is 0 Å². The summed E-state index contributed by atoms with van der Waals surface area (Å²) >= 11 is 0.664. The lowest BCUT2D eigenvalue weighted by Crippen LogP contribution is -2.13. The van der Waals surface area contributed by atoms with Gasteiger partial charge in [0.15, 0.2) is 4.21 Å². The number of aromatic nitrogens is 2. The van der Waals surface area contributed by atoms with Gasteiger partial charge < -0.3 is 4.98 Å². The normalized spacial score (nSPS) is 11.4. The molecular weight excluding hydrogens is 274 g/mol. The topological polar surface area (TPSA) is 91.9 Å². The van der Waals surface area contributed by atoms with E-state index < -0.39 is 14.9 Å². The van der Waals surface area contributed by atoms with Crippen molar-refractivity contribution >= 4 is 27.0 Å². The van der Waals surface area contributed by atoms with Crippen LogP contribution in [0.2, 0.25) is 0 Å². The third-order valence-corrected chi connectivity index (χ3v) is 5.25. The summed E-state index contributed by atoms with van der Waals surface area (Å²) in [6.45, 7) is 3.24. The first-order valence-corrected chi connectivity index (χ1v) is 7.34. The number of aromatic amines is 1. The van der Waals surface area contributed by atoms with Crippen molar-refractivity contribution in [2.24, 2.45) is 0 Å². The fraction of sp³-hybridized carbons (Fsp3) is 0.200. The number of hydrogen-bond donors (Lipinski definition) is 2. The molecule has 0 fully saturated rings. The molecule has 2 N–H and O–H groups in total. The molecule has 0 amide bonds. The van der Waals surface area contributed by atoms with Gasteiger partial charge in [0, 0.05) is 11.9 Å². The van der Waals surface area contributed by atoms with Crippen molar-refractivity contribution < 1.29 is 8.42 Å². The number of sulfonamides is 1. The van der Waals surface area contributed by atoms with Gasteiger partial charge in [-0.1, -0.05) is 11.3 Å². The van der Waals surface area contributed by atoms with E-state index in [2.05, 4.69) is 14.7 Å². The van der Waals surface area contributed by atoms with E-state index in [1.807, 2.05) is 0 Å². The predicted octanol–water partition coefficient (Wildman–Crippen LogP) is 1.25. The standard InChI is InChI=1S/C10H11N3O3S2/c1-6-8(4-3-5-11-6)13-18(15,16)9-7(2)12-10(14)17-9/h3-5,13H,1-2H3,(H,12,14). The van der Waals surface area contributed by atoms with Gasteiger partial charge in [0.2, 0.25) is 0 Å². The number of thiazole rings is 1. The highest BCUT2D eigenvalue weighted by Crippen LogP contribution is 2.21. The molecule has 2 rings (SSSR count). The first kappa shape index (κ1) is 12.8. The molecule has 18 heavy (non-hydrogen) atoms. The maximum atomic E-state index is 12.1. The third kappa shape index (κ3) is 2.44. The summed E-state index contributed by atoms with van der Waals surface area (Å²) in [5.74, 6) is 0. The fourth-order valence-corrected chi connectivity index (χ4v) is 3.85. The van der Waals surface area contributed by atoms with Crippen LogP contribution in [0.5, 0.6) is 0 Å². The molecule has 96 valence electrons. The minimum absolute atomic E-state index is 0.00393. The van der Waals surface area contributed by atoms with E-state index in [4.69, 9.17) is 0 Å². The molecule has 0 aliphatic heterocycles. The summed E-state index contributed by atoms with van der Waals surface area (Å²) in [6.07, 6.45) is 1.58. The molecule has 2 aromatic rings. The fourth-order valence-electron chi connectivity index (χ4n) is 1.43. The Bertz CT molecular complexity index is 731. The second-order valence-electron chi connectivity index (χ2n) is 3.67. The minimum Gasteiger partial charge on any atom is -0.315 e. The number of H-pyrrole nitrogens is 1. The number of pyridine rings is 1. The third-order valence-electron chi connectivity index (χ3n) is 2.28. The Morgan fingerprint density at radius 1 is 1.39 bits per heavy atom. The Kier molecular flexibility index (Phi) is 3.22. The van der Waals surface area contributed by atoms with Gasteiger partial charge in [0.05, 0.1) is 11.4 Å². The van der Waals surface area contributed by atoms with E-state index in [1.165, 1.54) is 0 Å². The maximum absolute atomic E-state index is 12.1. The van der Waals surface area contributed by atoms with Crippen molar-refractivity contribution in [2.75, 3.05) is 4.72 Å². The molecule has 0 atom stereocenters. The van der Waals surface area contributed by atoms with E-state index in [1.54, 1.807) is 32.2 Å². The molecule has 0 aliphatic rings. The number of hydrogen-bond acceptors (Lipinski definition) is 5. The highest BCUT2D eigenvalue weighted by Gasteiger charge is 2.21. The maximum Gasteiger partial charge on any atom is 0.306 e. The van der Waals surface area contributed by atoms with Crippen molar-refractivity contribution in [1.29, 1.82) is 0 Å². The minimum atomic E-state index is -3.75. The Morgan fingerprint density at radius 2 is 2.11 bits per heavy atom. The van der Waals surface area contributed by atoms with E-state index in [0.717, 1.165) is 0 Å². The molecule has 6 nitrogen and oxygen atoms in total. The van der Waals surface area contributed by atoms with Crippen LogP contribution in [0.4, 0.5) is 5.69 Å². The van der Waals surface area contributed by atoms with Crippen LogP contribution in [-0.2, 0) is 10.0 Å². The number of aryl methyl sites for hydroxylation is 2. The van der Waals surface area contributed by atoms with Crippen molar-refractivity contribution in [3.8, 4) is 0 Å². The molecule has 0 bridgehead atoms. The van der Waals surface area contributed by atoms with Crippen LogP contribution >= 0.6 is 11.3 Å². The van der Waals surface area contributed by atoms with Crippen LogP contribution in [0.1, 0.15) is 11.4 Å². The van der Waals surface area contributed by atoms with Crippen LogP contribution in [0.25, 0.3) is 0 Å². The SMILES string of the molecule is Cc1ncccc1NS(=O)(=O)c1sc(=O)[nH]c1C. The second kappa shape index (κ2) is 4.54. The summed E-state index contributed by atoms with van der Waals surface area (Å²) in [6, 6.07) is 3.25. The molecule has 0 saturated carbocycles. The van der Waals surface area contributed by atoms with Gasteiger partial charge in [-0.3, -0.25) is 14.5 Å². The molecule has 2 aromatic heterocycles. The smallest absolute Gasteiger partial charge is 0.306 e. The largest absolute Gasteiger partial charge is 0.315 e. The number of nitrogens with one attached hydrogen (secondary N) is 2. The summed E-state index contributed by atoms with van der Waals surface area (Å²) in [7, 11) is -3.75. The number of rotatable bonds is 3. The molecule has 2 heterocycles. The monoisotopic (exact) mass is 285 g/mol. The van der Waals surface area contributed by atoms with Gasteiger partial charge in [0.25, 0.3) is 10.0 Å².